The number of carbonyl (C=O) groups is 1. The van der Waals surface area contributed by atoms with Crippen molar-refractivity contribution in [2.45, 2.75) is 5.16 Å². The Hall–Kier alpha value is -3.24. The Bertz CT molecular complexity index is 1160. The van der Waals surface area contributed by atoms with Gasteiger partial charge >= 0.3 is 0 Å². The van der Waals surface area contributed by atoms with Gasteiger partial charge in [0.2, 0.25) is 5.91 Å². The molecule has 10 heteroatoms. The lowest BCUT2D eigenvalue weighted by molar-refractivity contribution is -0.113. The number of carbonyl (C=O) groups excluding carboxylic acids is 1. The minimum Gasteiger partial charge on any atom is -0.495 e. The van der Waals surface area contributed by atoms with Gasteiger partial charge in [0.05, 0.1) is 24.2 Å². The maximum Gasteiger partial charge on any atom is 0.236 e. The third-order valence-electron chi connectivity index (χ3n) is 4.08. The van der Waals surface area contributed by atoms with Crippen molar-refractivity contribution in [3.8, 4) is 22.7 Å². The molecule has 0 atom stereocenters. The summed E-state index contributed by atoms with van der Waals surface area (Å²) in [6, 6.07) is 13.5. The molecule has 7 nitrogen and oxygen atoms in total. The molecule has 2 aromatic heterocycles. The number of halogens is 1. The number of benzene rings is 2. The molecule has 2 heterocycles. The number of hydrogen-bond donors (Lipinski definition) is 1. The first kappa shape index (κ1) is 20.0. The highest BCUT2D eigenvalue weighted by Crippen LogP contribution is 2.28. The molecule has 0 aliphatic heterocycles. The lowest BCUT2D eigenvalue weighted by atomic mass is 10.2. The molecular formula is C20H16FN5O2S2. The maximum absolute atomic E-state index is 13.1. The summed E-state index contributed by atoms with van der Waals surface area (Å²) in [7, 11) is 1.59. The molecule has 30 heavy (non-hydrogen) atoms. The van der Waals surface area contributed by atoms with Crippen LogP contribution in [-0.4, -0.2) is 38.5 Å². The van der Waals surface area contributed by atoms with Crippen LogP contribution in [0.15, 0.2) is 65.4 Å². The van der Waals surface area contributed by atoms with Crippen LogP contribution in [0.5, 0.6) is 5.75 Å². The lowest BCUT2D eigenvalue weighted by Gasteiger charge is -2.10. The lowest BCUT2D eigenvalue weighted by Crippen LogP contribution is -2.14. The first-order chi connectivity index (χ1) is 14.6. The van der Waals surface area contributed by atoms with Gasteiger partial charge in [0.15, 0.2) is 10.3 Å². The second-order valence-corrected chi connectivity index (χ2v) is 7.84. The molecule has 0 fully saturated rings. The summed E-state index contributed by atoms with van der Waals surface area (Å²) in [6.45, 7) is 0. The third kappa shape index (κ3) is 4.50. The van der Waals surface area contributed by atoms with Gasteiger partial charge in [0.1, 0.15) is 17.9 Å². The maximum atomic E-state index is 13.1. The molecule has 1 N–H and O–H groups in total. The van der Waals surface area contributed by atoms with E-state index in [4.69, 9.17) is 4.74 Å². The number of amides is 1. The molecule has 2 aromatic carbocycles. The highest BCUT2D eigenvalue weighted by molar-refractivity contribution is 7.99. The van der Waals surface area contributed by atoms with E-state index in [9.17, 15) is 9.18 Å². The summed E-state index contributed by atoms with van der Waals surface area (Å²) in [5.41, 5.74) is 2.25. The van der Waals surface area contributed by atoms with Crippen molar-refractivity contribution in [2.75, 3.05) is 18.2 Å². The van der Waals surface area contributed by atoms with Crippen LogP contribution in [-0.2, 0) is 4.79 Å². The molecule has 0 saturated heterocycles. The van der Waals surface area contributed by atoms with E-state index >= 15 is 0 Å². The number of methoxy groups -OCH3 is 1. The molecule has 1 amide bonds. The first-order valence-corrected chi connectivity index (χ1v) is 10.7. The molecule has 0 aliphatic carbocycles. The fourth-order valence-corrected chi connectivity index (χ4v) is 4.14. The van der Waals surface area contributed by atoms with Crippen LogP contribution in [0.3, 0.4) is 0 Å². The number of para-hydroxylation sites is 2. The van der Waals surface area contributed by atoms with Crippen LogP contribution in [0.2, 0.25) is 0 Å². The van der Waals surface area contributed by atoms with E-state index in [1.165, 1.54) is 35.2 Å². The number of anilines is 1. The molecule has 0 unspecified atom stereocenters. The average Bonchev–Trinajstić information content (AvgIpc) is 3.42. The standard InChI is InChI=1S/C20H16FN5O2S2/c1-28-17-5-3-2-4-16(17)26-12-22-25-20(26)30-11-18(27)24-19-23-15(10-29-19)13-6-8-14(21)9-7-13/h2-10,12H,11H2,1H3,(H,23,24,27). The number of thioether (sulfide) groups is 1. The second kappa shape index (κ2) is 9.06. The molecule has 0 spiro atoms. The Balaban J connectivity index is 1.40. The van der Waals surface area contributed by atoms with Gasteiger partial charge in [-0.3, -0.25) is 9.36 Å². The summed E-state index contributed by atoms with van der Waals surface area (Å²) >= 11 is 2.57. The van der Waals surface area contributed by atoms with Gasteiger partial charge in [0, 0.05) is 10.9 Å². The van der Waals surface area contributed by atoms with Crippen molar-refractivity contribution in [2.24, 2.45) is 0 Å². The van der Waals surface area contributed by atoms with Gasteiger partial charge in [-0.05, 0) is 36.4 Å². The molecule has 152 valence electrons. The summed E-state index contributed by atoms with van der Waals surface area (Å²) in [5, 5.41) is 13.7. The second-order valence-electron chi connectivity index (χ2n) is 6.04. The molecule has 4 rings (SSSR count). The van der Waals surface area contributed by atoms with Crippen LogP contribution < -0.4 is 10.1 Å². The van der Waals surface area contributed by atoms with Crippen molar-refractivity contribution in [3.05, 3.63) is 66.1 Å². The highest BCUT2D eigenvalue weighted by atomic mass is 32.2. The Morgan fingerprint density at radius 3 is 2.83 bits per heavy atom. The number of hydrogen-bond acceptors (Lipinski definition) is 7. The number of rotatable bonds is 7. The zero-order valence-electron chi connectivity index (χ0n) is 15.8. The fourth-order valence-electron chi connectivity index (χ4n) is 2.69. The number of nitrogens with one attached hydrogen (secondary N) is 1. The largest absolute Gasteiger partial charge is 0.495 e. The zero-order valence-corrected chi connectivity index (χ0v) is 17.4. The fraction of sp³-hybridized carbons (Fsp3) is 0.100. The van der Waals surface area contributed by atoms with E-state index in [-0.39, 0.29) is 17.5 Å². The van der Waals surface area contributed by atoms with Gasteiger partial charge < -0.3 is 10.1 Å². The monoisotopic (exact) mass is 441 g/mol. The van der Waals surface area contributed by atoms with Gasteiger partial charge in [-0.1, -0.05) is 23.9 Å². The number of aromatic nitrogens is 4. The van der Waals surface area contributed by atoms with Gasteiger partial charge in [-0.2, -0.15) is 0 Å². The normalized spacial score (nSPS) is 10.7. The zero-order chi connectivity index (χ0) is 20.9. The van der Waals surface area contributed by atoms with Crippen LogP contribution in [0.4, 0.5) is 9.52 Å². The summed E-state index contributed by atoms with van der Waals surface area (Å²) in [4.78, 5) is 16.8. The Morgan fingerprint density at radius 1 is 1.23 bits per heavy atom. The Kier molecular flexibility index (Phi) is 6.05. The van der Waals surface area contributed by atoms with E-state index in [2.05, 4.69) is 20.5 Å². The predicted molar refractivity (Wildman–Crippen MR) is 115 cm³/mol. The quantitative estimate of drug-likeness (QED) is 0.432. The van der Waals surface area contributed by atoms with E-state index in [0.29, 0.717) is 21.7 Å². The highest BCUT2D eigenvalue weighted by Gasteiger charge is 2.14. The molecule has 0 aliphatic rings. The van der Waals surface area contributed by atoms with Gasteiger partial charge in [0.25, 0.3) is 0 Å². The Labute approximate surface area is 179 Å². The minimum absolute atomic E-state index is 0.138. The van der Waals surface area contributed by atoms with Crippen molar-refractivity contribution in [3.63, 3.8) is 0 Å². The van der Waals surface area contributed by atoms with Gasteiger partial charge in [-0.25, -0.2) is 9.37 Å². The number of ether oxygens (including phenoxy) is 1. The molecule has 0 radical (unpaired) electrons. The molecular weight excluding hydrogens is 425 g/mol. The number of nitrogens with zero attached hydrogens (tertiary/aromatic N) is 4. The minimum atomic E-state index is -0.305. The first-order valence-electron chi connectivity index (χ1n) is 8.81. The predicted octanol–water partition coefficient (Wildman–Crippen LogP) is 4.27. The van der Waals surface area contributed by atoms with E-state index in [0.717, 1.165) is 11.3 Å². The smallest absolute Gasteiger partial charge is 0.236 e. The average molecular weight is 442 g/mol. The summed E-state index contributed by atoms with van der Waals surface area (Å²) in [5.74, 6) is 0.300. The summed E-state index contributed by atoms with van der Waals surface area (Å²) < 4.78 is 20.2. The van der Waals surface area contributed by atoms with Crippen molar-refractivity contribution in [1.29, 1.82) is 0 Å². The van der Waals surface area contributed by atoms with Crippen molar-refractivity contribution in [1.82, 2.24) is 19.7 Å². The van der Waals surface area contributed by atoms with E-state index in [1.807, 2.05) is 29.6 Å². The van der Waals surface area contributed by atoms with Crippen LogP contribution in [0.25, 0.3) is 16.9 Å². The van der Waals surface area contributed by atoms with Crippen molar-refractivity contribution < 1.29 is 13.9 Å². The van der Waals surface area contributed by atoms with Crippen LogP contribution in [0.1, 0.15) is 0 Å². The molecule has 0 bridgehead atoms. The Morgan fingerprint density at radius 2 is 2.03 bits per heavy atom. The van der Waals surface area contributed by atoms with Crippen molar-refractivity contribution >= 4 is 34.1 Å². The molecule has 0 saturated carbocycles. The van der Waals surface area contributed by atoms with Crippen LogP contribution >= 0.6 is 23.1 Å². The SMILES string of the molecule is COc1ccccc1-n1cnnc1SCC(=O)Nc1nc(-c2ccc(F)cc2)cs1. The van der Waals surface area contributed by atoms with E-state index < -0.39 is 0 Å². The summed E-state index contributed by atoms with van der Waals surface area (Å²) in [6.07, 6.45) is 1.58. The topological polar surface area (TPSA) is 81.9 Å². The van der Waals surface area contributed by atoms with E-state index in [1.54, 1.807) is 30.1 Å². The number of thiazole rings is 1. The third-order valence-corrected chi connectivity index (χ3v) is 5.78. The molecule has 4 aromatic rings. The van der Waals surface area contributed by atoms with Crippen LogP contribution in [0, 0.1) is 5.82 Å². The van der Waals surface area contributed by atoms with Gasteiger partial charge in [-0.15, -0.1) is 21.5 Å².